The number of rotatable bonds is 7. The molecule has 0 amide bonds. The van der Waals surface area contributed by atoms with Crippen LogP contribution < -0.4 is 10.1 Å². The van der Waals surface area contributed by atoms with Gasteiger partial charge in [-0.2, -0.15) is 0 Å². The molecular weight excluding hydrogens is 261 g/mol. The van der Waals surface area contributed by atoms with Crippen molar-refractivity contribution in [1.82, 2.24) is 5.32 Å². The van der Waals surface area contributed by atoms with Crippen molar-refractivity contribution in [3.8, 4) is 5.75 Å². The Morgan fingerprint density at radius 3 is 2.90 bits per heavy atom. The summed E-state index contributed by atoms with van der Waals surface area (Å²) in [6, 6.07) is 4.83. The van der Waals surface area contributed by atoms with E-state index in [-0.39, 0.29) is 5.82 Å². The van der Waals surface area contributed by atoms with E-state index in [9.17, 15) is 9.18 Å². The van der Waals surface area contributed by atoms with Crippen LogP contribution in [0.3, 0.4) is 0 Å². The predicted molar refractivity (Wildman–Crippen MR) is 73.0 cm³/mol. The van der Waals surface area contributed by atoms with Crippen LogP contribution in [-0.4, -0.2) is 24.7 Å². The molecule has 0 aliphatic heterocycles. The quantitative estimate of drug-likeness (QED) is 0.780. The lowest BCUT2D eigenvalue weighted by Gasteiger charge is -2.16. The number of hydrogen-bond acceptors (Lipinski definition) is 4. The van der Waals surface area contributed by atoms with Crippen molar-refractivity contribution in [1.29, 1.82) is 0 Å². The summed E-state index contributed by atoms with van der Waals surface area (Å²) in [5.41, 5.74) is 0.716. The van der Waals surface area contributed by atoms with E-state index in [0.29, 0.717) is 30.5 Å². The van der Waals surface area contributed by atoms with E-state index in [4.69, 9.17) is 9.47 Å². The Kier molecular flexibility index (Phi) is 4.95. The highest BCUT2D eigenvalue weighted by molar-refractivity contribution is 5.74. The summed E-state index contributed by atoms with van der Waals surface area (Å²) in [6.07, 6.45) is 1.61. The average Bonchev–Trinajstić information content (AvgIpc) is 3.23. The molecule has 20 heavy (non-hydrogen) atoms. The number of esters is 1. The first kappa shape index (κ1) is 14.8. The van der Waals surface area contributed by atoms with Gasteiger partial charge in [0.05, 0.1) is 6.61 Å². The molecule has 0 bridgehead atoms. The maximum Gasteiger partial charge on any atom is 0.347 e. The molecule has 1 atom stereocenters. The van der Waals surface area contributed by atoms with Gasteiger partial charge in [0, 0.05) is 18.2 Å². The fourth-order valence-electron chi connectivity index (χ4n) is 1.84. The predicted octanol–water partition coefficient (Wildman–Crippen LogP) is 2.41. The van der Waals surface area contributed by atoms with Crippen molar-refractivity contribution < 1.29 is 18.7 Å². The molecule has 1 aromatic rings. The molecule has 1 aromatic carbocycles. The second-order valence-corrected chi connectivity index (χ2v) is 4.92. The zero-order valence-corrected chi connectivity index (χ0v) is 11.8. The van der Waals surface area contributed by atoms with Crippen LogP contribution in [0, 0.1) is 5.82 Å². The summed E-state index contributed by atoms with van der Waals surface area (Å²) >= 11 is 0. The number of carbonyl (C=O) groups excluding carboxylic acids is 1. The summed E-state index contributed by atoms with van der Waals surface area (Å²) < 4.78 is 23.8. The zero-order valence-electron chi connectivity index (χ0n) is 11.8. The van der Waals surface area contributed by atoms with E-state index < -0.39 is 12.1 Å². The second kappa shape index (κ2) is 6.70. The molecule has 0 heterocycles. The molecule has 0 aromatic heterocycles. The van der Waals surface area contributed by atoms with Crippen LogP contribution in [0.2, 0.25) is 0 Å². The van der Waals surface area contributed by atoms with Crippen molar-refractivity contribution in [3.05, 3.63) is 29.6 Å². The highest BCUT2D eigenvalue weighted by Crippen LogP contribution is 2.24. The summed E-state index contributed by atoms with van der Waals surface area (Å²) in [6.45, 7) is 4.21. The van der Waals surface area contributed by atoms with Crippen molar-refractivity contribution in [2.45, 2.75) is 45.4 Å². The minimum absolute atomic E-state index is 0.311. The standard InChI is InChI=1S/C15H20FNO3/c1-3-19-15(18)10(2)20-14-7-4-12(16)8-11(14)9-17-13-5-6-13/h4,7-8,10,13,17H,3,5-6,9H2,1-2H3. The van der Waals surface area contributed by atoms with E-state index in [1.165, 1.54) is 12.1 Å². The fourth-order valence-corrected chi connectivity index (χ4v) is 1.84. The van der Waals surface area contributed by atoms with Gasteiger partial charge in [-0.25, -0.2) is 9.18 Å². The molecule has 0 spiro atoms. The Labute approximate surface area is 118 Å². The molecule has 110 valence electrons. The van der Waals surface area contributed by atoms with E-state index >= 15 is 0 Å². The lowest BCUT2D eigenvalue weighted by Crippen LogP contribution is -2.27. The van der Waals surface area contributed by atoms with Gasteiger partial charge < -0.3 is 14.8 Å². The van der Waals surface area contributed by atoms with Gasteiger partial charge in [-0.1, -0.05) is 0 Å². The summed E-state index contributed by atoms with van der Waals surface area (Å²) in [4.78, 5) is 11.6. The van der Waals surface area contributed by atoms with Crippen molar-refractivity contribution >= 4 is 5.97 Å². The van der Waals surface area contributed by atoms with Gasteiger partial charge in [0.1, 0.15) is 11.6 Å². The first-order valence-corrected chi connectivity index (χ1v) is 6.95. The highest BCUT2D eigenvalue weighted by atomic mass is 19.1. The number of benzene rings is 1. The van der Waals surface area contributed by atoms with Crippen LogP contribution in [0.4, 0.5) is 4.39 Å². The topological polar surface area (TPSA) is 47.6 Å². The molecule has 1 aliphatic carbocycles. The zero-order chi connectivity index (χ0) is 14.5. The Balaban J connectivity index is 2.02. The summed E-state index contributed by atoms with van der Waals surface area (Å²) in [5.74, 6) is -0.216. The normalized spacial score (nSPS) is 15.8. The molecule has 0 radical (unpaired) electrons. The Morgan fingerprint density at radius 2 is 2.25 bits per heavy atom. The minimum Gasteiger partial charge on any atom is -0.479 e. The second-order valence-electron chi connectivity index (χ2n) is 4.92. The SMILES string of the molecule is CCOC(=O)C(C)Oc1ccc(F)cc1CNC1CC1. The molecule has 5 heteroatoms. The Morgan fingerprint density at radius 1 is 1.50 bits per heavy atom. The van der Waals surface area contributed by atoms with Gasteiger partial charge in [0.25, 0.3) is 0 Å². The Hall–Kier alpha value is -1.62. The number of halogens is 1. The van der Waals surface area contributed by atoms with Gasteiger partial charge in [0.15, 0.2) is 6.10 Å². The molecule has 4 nitrogen and oxygen atoms in total. The lowest BCUT2D eigenvalue weighted by molar-refractivity contribution is -0.150. The van der Waals surface area contributed by atoms with Gasteiger partial charge in [-0.05, 0) is 44.9 Å². The lowest BCUT2D eigenvalue weighted by atomic mass is 10.2. The molecule has 1 unspecified atom stereocenters. The van der Waals surface area contributed by atoms with E-state index in [1.807, 2.05) is 0 Å². The Bertz CT molecular complexity index is 474. The minimum atomic E-state index is -0.708. The number of ether oxygens (including phenoxy) is 2. The first-order valence-electron chi connectivity index (χ1n) is 6.95. The van der Waals surface area contributed by atoms with Crippen molar-refractivity contribution in [2.24, 2.45) is 0 Å². The molecule has 1 fully saturated rings. The van der Waals surface area contributed by atoms with E-state index in [2.05, 4.69) is 5.32 Å². The van der Waals surface area contributed by atoms with Crippen molar-refractivity contribution in [3.63, 3.8) is 0 Å². The summed E-state index contributed by atoms with van der Waals surface area (Å²) in [5, 5.41) is 3.31. The number of nitrogens with one attached hydrogen (secondary N) is 1. The summed E-state index contributed by atoms with van der Waals surface area (Å²) in [7, 11) is 0. The fraction of sp³-hybridized carbons (Fsp3) is 0.533. The van der Waals surface area contributed by atoms with E-state index in [0.717, 1.165) is 12.8 Å². The third-order valence-electron chi connectivity index (χ3n) is 3.10. The maximum absolute atomic E-state index is 13.3. The van der Waals surface area contributed by atoms with Crippen molar-refractivity contribution in [2.75, 3.05) is 6.61 Å². The van der Waals surface area contributed by atoms with Crippen LogP contribution in [0.5, 0.6) is 5.75 Å². The largest absolute Gasteiger partial charge is 0.479 e. The van der Waals surface area contributed by atoms with Crippen LogP contribution in [0.1, 0.15) is 32.3 Å². The average molecular weight is 281 g/mol. The van der Waals surface area contributed by atoms with Gasteiger partial charge in [0.2, 0.25) is 0 Å². The molecule has 1 aliphatic rings. The molecule has 1 N–H and O–H groups in total. The van der Waals surface area contributed by atoms with Gasteiger partial charge in [-0.15, -0.1) is 0 Å². The van der Waals surface area contributed by atoms with Crippen LogP contribution in [0.25, 0.3) is 0 Å². The maximum atomic E-state index is 13.3. The third-order valence-corrected chi connectivity index (χ3v) is 3.10. The van der Waals surface area contributed by atoms with Gasteiger partial charge >= 0.3 is 5.97 Å². The van der Waals surface area contributed by atoms with Crippen LogP contribution >= 0.6 is 0 Å². The molecule has 2 rings (SSSR count). The highest BCUT2D eigenvalue weighted by Gasteiger charge is 2.22. The monoisotopic (exact) mass is 281 g/mol. The molecular formula is C15H20FNO3. The van der Waals surface area contributed by atoms with Gasteiger partial charge in [-0.3, -0.25) is 0 Å². The first-order chi connectivity index (χ1) is 9.60. The molecule has 0 saturated heterocycles. The van der Waals surface area contributed by atoms with Crippen LogP contribution in [-0.2, 0) is 16.1 Å². The smallest absolute Gasteiger partial charge is 0.347 e. The number of carbonyl (C=O) groups is 1. The third kappa shape index (κ3) is 4.20. The number of hydrogen-bond donors (Lipinski definition) is 1. The van der Waals surface area contributed by atoms with Crippen LogP contribution in [0.15, 0.2) is 18.2 Å². The van der Waals surface area contributed by atoms with E-state index in [1.54, 1.807) is 19.9 Å². The molecule has 1 saturated carbocycles.